The molecule has 2 heterocycles. The summed E-state index contributed by atoms with van der Waals surface area (Å²) in [5.41, 5.74) is 2.35. The van der Waals surface area contributed by atoms with Crippen LogP contribution in [0, 0.1) is 0 Å². The van der Waals surface area contributed by atoms with E-state index >= 15 is 0 Å². The molecule has 0 aliphatic rings. The number of sulfonamides is 1. The van der Waals surface area contributed by atoms with Gasteiger partial charge < -0.3 is 4.42 Å². The van der Waals surface area contributed by atoms with Gasteiger partial charge in [0.25, 0.3) is 10.0 Å². The Kier molecular flexibility index (Phi) is 5.09. The Balaban J connectivity index is 1.38. The average molecular weight is 512 g/mol. The molecule has 0 spiro atoms. The molecule has 154 valence electrons. The molecule has 0 saturated heterocycles. The second-order valence-corrected chi connectivity index (χ2v) is 10.3. The normalized spacial score (nSPS) is 11.6. The van der Waals surface area contributed by atoms with Crippen LogP contribution >= 0.6 is 27.3 Å². The maximum Gasteiger partial charge on any atom is 0.263 e. The predicted molar refractivity (Wildman–Crippen MR) is 126 cm³/mol. The van der Waals surface area contributed by atoms with E-state index < -0.39 is 10.0 Å². The van der Waals surface area contributed by atoms with Crippen molar-refractivity contribution in [1.82, 2.24) is 9.97 Å². The Hall–Kier alpha value is -3.01. The lowest BCUT2D eigenvalue weighted by atomic mass is 10.2. The van der Waals surface area contributed by atoms with Gasteiger partial charge in [0.05, 0.1) is 21.3 Å². The van der Waals surface area contributed by atoms with E-state index in [2.05, 4.69) is 30.6 Å². The molecule has 2 aromatic heterocycles. The molecule has 0 aliphatic heterocycles. The second-order valence-electron chi connectivity index (χ2n) is 6.66. The molecule has 0 radical (unpaired) electrons. The molecule has 0 aliphatic carbocycles. The maximum absolute atomic E-state index is 12.8. The predicted octanol–water partition coefficient (Wildman–Crippen LogP) is 6.18. The highest BCUT2D eigenvalue weighted by Crippen LogP contribution is 2.31. The summed E-state index contributed by atoms with van der Waals surface area (Å²) in [5, 5.41) is 0.317. The molecule has 0 saturated carbocycles. The topological polar surface area (TPSA) is 85.1 Å². The van der Waals surface area contributed by atoms with Gasteiger partial charge in [-0.2, -0.15) is 0 Å². The van der Waals surface area contributed by atoms with Gasteiger partial charge in [-0.15, -0.1) is 0 Å². The van der Waals surface area contributed by atoms with E-state index in [0.717, 1.165) is 20.3 Å². The van der Waals surface area contributed by atoms with Crippen molar-refractivity contribution in [2.45, 2.75) is 4.90 Å². The van der Waals surface area contributed by atoms with Gasteiger partial charge in [0.2, 0.25) is 5.89 Å². The average Bonchev–Trinajstić information content (AvgIpc) is 3.41. The van der Waals surface area contributed by atoms with Crippen molar-refractivity contribution >= 4 is 52.6 Å². The van der Waals surface area contributed by atoms with E-state index in [4.69, 9.17) is 4.42 Å². The molecular formula is C22H14BrN3O3S2. The third-order valence-corrected chi connectivity index (χ3v) is 7.46. The minimum absolute atomic E-state index is 0.131. The Morgan fingerprint density at radius 2 is 1.71 bits per heavy atom. The number of hydrogen-bond acceptors (Lipinski definition) is 6. The Bertz CT molecular complexity index is 1480. The van der Waals surface area contributed by atoms with Crippen LogP contribution in [0.2, 0.25) is 0 Å². The molecule has 0 bridgehead atoms. The lowest BCUT2D eigenvalue weighted by Gasteiger charge is -2.05. The monoisotopic (exact) mass is 511 g/mol. The van der Waals surface area contributed by atoms with Crippen LogP contribution in [0.1, 0.15) is 0 Å². The number of halogens is 1. The van der Waals surface area contributed by atoms with Gasteiger partial charge in [-0.25, -0.2) is 18.4 Å². The summed E-state index contributed by atoms with van der Waals surface area (Å²) < 4.78 is 35.8. The number of nitrogens with one attached hydrogen (secondary N) is 1. The molecule has 9 heteroatoms. The first-order chi connectivity index (χ1) is 15.0. The van der Waals surface area contributed by atoms with Crippen LogP contribution in [0.4, 0.5) is 5.13 Å². The fraction of sp³-hybridized carbons (Fsp3) is 0. The molecule has 1 N–H and O–H groups in total. The number of benzene rings is 3. The Labute approximate surface area is 190 Å². The molecule has 5 aromatic rings. The minimum atomic E-state index is -3.77. The van der Waals surface area contributed by atoms with Gasteiger partial charge >= 0.3 is 0 Å². The van der Waals surface area contributed by atoms with E-state index in [-0.39, 0.29) is 4.90 Å². The number of aromatic nitrogens is 2. The van der Waals surface area contributed by atoms with Gasteiger partial charge in [-0.05, 0) is 42.5 Å². The second kappa shape index (κ2) is 7.92. The highest BCUT2D eigenvalue weighted by molar-refractivity contribution is 9.10. The van der Waals surface area contributed by atoms with Crippen molar-refractivity contribution in [2.75, 3.05) is 4.72 Å². The summed E-state index contributed by atoms with van der Waals surface area (Å²) in [5.74, 6) is 1.07. The molecule has 0 amide bonds. The number of thiazole rings is 1. The zero-order valence-electron chi connectivity index (χ0n) is 15.8. The van der Waals surface area contributed by atoms with Crippen LogP contribution in [0.25, 0.3) is 33.0 Å². The SMILES string of the molecule is O=S(=O)(Nc1nc2ccc(Br)cc2s1)c1ccc(-c2ncc(-c3ccccc3)o2)cc1. The van der Waals surface area contributed by atoms with Crippen molar-refractivity contribution in [2.24, 2.45) is 0 Å². The van der Waals surface area contributed by atoms with Crippen molar-refractivity contribution in [3.05, 3.63) is 83.5 Å². The Morgan fingerprint density at radius 1 is 0.935 bits per heavy atom. The molecule has 0 atom stereocenters. The number of fused-ring (bicyclic) bond motifs is 1. The summed E-state index contributed by atoms with van der Waals surface area (Å²) in [6.45, 7) is 0. The van der Waals surface area contributed by atoms with Crippen molar-refractivity contribution < 1.29 is 12.8 Å². The zero-order valence-corrected chi connectivity index (χ0v) is 19.0. The van der Waals surface area contributed by atoms with Crippen molar-refractivity contribution in [1.29, 1.82) is 0 Å². The van der Waals surface area contributed by atoms with Gasteiger partial charge in [0, 0.05) is 15.6 Å². The van der Waals surface area contributed by atoms with Crippen LogP contribution in [-0.4, -0.2) is 18.4 Å². The third-order valence-electron chi connectivity index (χ3n) is 4.55. The molecule has 31 heavy (non-hydrogen) atoms. The molecular weight excluding hydrogens is 498 g/mol. The van der Waals surface area contributed by atoms with E-state index in [0.29, 0.717) is 22.3 Å². The lowest BCUT2D eigenvalue weighted by molar-refractivity contribution is 0.588. The highest BCUT2D eigenvalue weighted by atomic mass is 79.9. The zero-order chi connectivity index (χ0) is 21.4. The summed E-state index contributed by atoms with van der Waals surface area (Å²) in [6.07, 6.45) is 1.66. The summed E-state index contributed by atoms with van der Waals surface area (Å²) in [6, 6.07) is 21.6. The third kappa shape index (κ3) is 4.12. The van der Waals surface area contributed by atoms with E-state index in [1.807, 2.05) is 48.5 Å². The number of nitrogens with zero attached hydrogens (tertiary/aromatic N) is 2. The molecule has 3 aromatic carbocycles. The molecule has 6 nitrogen and oxygen atoms in total. The number of rotatable bonds is 5. The van der Waals surface area contributed by atoms with Gasteiger partial charge in [-0.3, -0.25) is 4.72 Å². The maximum atomic E-state index is 12.8. The van der Waals surface area contributed by atoms with Gasteiger partial charge in [-0.1, -0.05) is 57.6 Å². The number of oxazole rings is 1. The van der Waals surface area contributed by atoms with Gasteiger partial charge in [0.15, 0.2) is 10.9 Å². The number of anilines is 1. The van der Waals surface area contributed by atoms with Crippen LogP contribution in [-0.2, 0) is 10.0 Å². The van der Waals surface area contributed by atoms with Crippen LogP contribution in [0.5, 0.6) is 0 Å². The van der Waals surface area contributed by atoms with Crippen LogP contribution in [0.15, 0.2) is 92.8 Å². The van der Waals surface area contributed by atoms with Gasteiger partial charge in [0.1, 0.15) is 0 Å². The quantitative estimate of drug-likeness (QED) is 0.304. The summed E-state index contributed by atoms with van der Waals surface area (Å²) >= 11 is 4.69. The standard InChI is InChI=1S/C22H14BrN3O3S2/c23-16-8-11-18-20(12-16)30-22(25-18)26-31(27,28)17-9-6-15(7-10-17)21-24-13-19(29-21)14-4-2-1-3-5-14/h1-13H,(H,25,26). The molecule has 0 fully saturated rings. The summed E-state index contributed by atoms with van der Waals surface area (Å²) in [7, 11) is -3.77. The van der Waals surface area contributed by atoms with E-state index in [1.54, 1.807) is 18.3 Å². The number of hydrogen-bond donors (Lipinski definition) is 1. The lowest BCUT2D eigenvalue weighted by Crippen LogP contribution is -2.12. The Morgan fingerprint density at radius 3 is 2.48 bits per heavy atom. The largest absolute Gasteiger partial charge is 0.436 e. The summed E-state index contributed by atoms with van der Waals surface area (Å²) in [4.78, 5) is 8.78. The van der Waals surface area contributed by atoms with Crippen LogP contribution in [0.3, 0.4) is 0 Å². The minimum Gasteiger partial charge on any atom is -0.436 e. The smallest absolute Gasteiger partial charge is 0.263 e. The highest BCUT2D eigenvalue weighted by Gasteiger charge is 2.18. The molecule has 5 rings (SSSR count). The fourth-order valence-corrected chi connectivity index (χ4v) is 5.69. The first kappa shape index (κ1) is 19.9. The fourth-order valence-electron chi connectivity index (χ4n) is 3.04. The van der Waals surface area contributed by atoms with E-state index in [1.165, 1.54) is 23.5 Å². The first-order valence-electron chi connectivity index (χ1n) is 9.18. The molecule has 0 unspecified atom stereocenters. The first-order valence-corrected chi connectivity index (χ1v) is 12.3. The van der Waals surface area contributed by atoms with Crippen LogP contribution < -0.4 is 4.72 Å². The van der Waals surface area contributed by atoms with Crippen molar-refractivity contribution in [3.63, 3.8) is 0 Å². The van der Waals surface area contributed by atoms with Crippen molar-refractivity contribution in [3.8, 4) is 22.8 Å². The van der Waals surface area contributed by atoms with E-state index in [9.17, 15) is 8.42 Å².